The van der Waals surface area contributed by atoms with Gasteiger partial charge in [0.1, 0.15) is 17.5 Å². The summed E-state index contributed by atoms with van der Waals surface area (Å²) >= 11 is 6.18. The van der Waals surface area contributed by atoms with Gasteiger partial charge < -0.3 is 10.2 Å². The lowest BCUT2D eigenvalue weighted by atomic mass is 10.0. The fourth-order valence-electron chi connectivity index (χ4n) is 4.37. The molecule has 0 fully saturated rings. The fraction of sp³-hybridized carbons (Fsp3) is 0.250. The highest BCUT2D eigenvalue weighted by molar-refractivity contribution is 7.90. The molecule has 8 nitrogen and oxygen atoms in total. The van der Waals surface area contributed by atoms with Crippen molar-refractivity contribution in [2.45, 2.75) is 43.8 Å². The van der Waals surface area contributed by atoms with Gasteiger partial charge in [-0.3, -0.25) is 14.4 Å². The quantitative estimate of drug-likeness (QED) is 0.435. The summed E-state index contributed by atoms with van der Waals surface area (Å²) in [6.45, 7) is 2.87. The first kappa shape index (κ1) is 27.3. The highest BCUT2D eigenvalue weighted by Crippen LogP contribution is 2.30. The zero-order chi connectivity index (χ0) is 27.4. The van der Waals surface area contributed by atoms with Gasteiger partial charge in [-0.25, -0.2) is 12.7 Å². The van der Waals surface area contributed by atoms with Crippen LogP contribution in [0.4, 0.5) is 0 Å². The summed E-state index contributed by atoms with van der Waals surface area (Å²) in [5.74, 6) is -1.85. The van der Waals surface area contributed by atoms with E-state index in [0.29, 0.717) is 14.9 Å². The molecule has 1 N–H and O–H groups in total. The van der Waals surface area contributed by atoms with E-state index < -0.39 is 40.3 Å². The normalized spacial score (nSPS) is 14.7. The SMILES string of the molecule is CC(C)NC(=O)[C@@H](Cc1ccccc1)N(Cc1cccc(Cl)c1)C(=O)CN1C(=O)c2ccccc2S1(=O)=O. The zero-order valence-electron chi connectivity index (χ0n) is 21.0. The van der Waals surface area contributed by atoms with Crippen LogP contribution in [0.2, 0.25) is 5.02 Å². The molecule has 1 atom stereocenters. The van der Waals surface area contributed by atoms with Crippen molar-refractivity contribution < 1.29 is 22.8 Å². The molecule has 198 valence electrons. The van der Waals surface area contributed by atoms with Crippen molar-refractivity contribution in [3.8, 4) is 0 Å². The number of nitrogens with zero attached hydrogens (tertiary/aromatic N) is 2. The Kier molecular flexibility index (Phi) is 8.18. The summed E-state index contributed by atoms with van der Waals surface area (Å²) < 4.78 is 26.8. The summed E-state index contributed by atoms with van der Waals surface area (Å²) in [6.07, 6.45) is 0.187. The molecular formula is C28H28ClN3O5S. The number of fused-ring (bicyclic) bond motifs is 1. The number of nitrogens with one attached hydrogen (secondary N) is 1. The van der Waals surface area contributed by atoms with E-state index in [1.165, 1.54) is 23.1 Å². The lowest BCUT2D eigenvalue weighted by Crippen LogP contribution is -2.54. The number of amides is 3. The van der Waals surface area contributed by atoms with Crippen molar-refractivity contribution in [3.05, 3.63) is 101 Å². The van der Waals surface area contributed by atoms with Crippen molar-refractivity contribution >= 4 is 39.3 Å². The molecule has 0 saturated carbocycles. The summed E-state index contributed by atoms with van der Waals surface area (Å²) in [4.78, 5) is 41.5. The number of rotatable bonds is 9. The number of halogens is 1. The molecule has 38 heavy (non-hydrogen) atoms. The van der Waals surface area contributed by atoms with Gasteiger partial charge in [0.25, 0.3) is 15.9 Å². The minimum absolute atomic E-state index is 0.0140. The molecule has 0 unspecified atom stereocenters. The minimum Gasteiger partial charge on any atom is -0.352 e. The Balaban J connectivity index is 1.72. The molecule has 0 radical (unpaired) electrons. The smallest absolute Gasteiger partial charge is 0.269 e. The van der Waals surface area contributed by atoms with E-state index in [2.05, 4.69) is 5.32 Å². The van der Waals surface area contributed by atoms with Crippen LogP contribution in [0.5, 0.6) is 0 Å². The third-order valence-electron chi connectivity index (χ3n) is 6.13. The molecular weight excluding hydrogens is 526 g/mol. The Labute approximate surface area is 227 Å². The van der Waals surface area contributed by atoms with Gasteiger partial charge in [0.2, 0.25) is 11.8 Å². The second-order valence-corrected chi connectivity index (χ2v) is 11.6. The Morgan fingerprint density at radius 2 is 1.61 bits per heavy atom. The van der Waals surface area contributed by atoms with E-state index in [9.17, 15) is 22.8 Å². The van der Waals surface area contributed by atoms with Gasteiger partial charge in [0, 0.05) is 24.0 Å². The van der Waals surface area contributed by atoms with Crippen molar-refractivity contribution in [1.29, 1.82) is 0 Å². The van der Waals surface area contributed by atoms with Crippen LogP contribution in [-0.2, 0) is 32.6 Å². The fourth-order valence-corrected chi connectivity index (χ4v) is 6.10. The van der Waals surface area contributed by atoms with E-state index >= 15 is 0 Å². The Hall–Kier alpha value is -3.69. The van der Waals surface area contributed by atoms with E-state index in [1.807, 2.05) is 44.2 Å². The summed E-state index contributed by atoms with van der Waals surface area (Å²) in [6, 6.07) is 20.7. The second kappa shape index (κ2) is 11.4. The van der Waals surface area contributed by atoms with Gasteiger partial charge in [-0.15, -0.1) is 0 Å². The van der Waals surface area contributed by atoms with Crippen molar-refractivity contribution in [2.75, 3.05) is 6.54 Å². The third-order valence-corrected chi connectivity index (χ3v) is 8.16. The van der Waals surface area contributed by atoms with Crippen LogP contribution in [-0.4, -0.2) is 54.0 Å². The molecule has 3 aromatic carbocycles. The van der Waals surface area contributed by atoms with Gasteiger partial charge in [0.15, 0.2) is 0 Å². The number of carbonyl (C=O) groups excluding carboxylic acids is 3. The summed E-state index contributed by atoms with van der Waals surface area (Å²) in [5, 5.41) is 3.32. The van der Waals surface area contributed by atoms with Crippen LogP contribution in [0.3, 0.4) is 0 Å². The van der Waals surface area contributed by atoms with Crippen LogP contribution < -0.4 is 5.32 Å². The maximum atomic E-state index is 13.8. The van der Waals surface area contributed by atoms with Gasteiger partial charge >= 0.3 is 0 Å². The van der Waals surface area contributed by atoms with Gasteiger partial charge in [-0.1, -0.05) is 66.2 Å². The second-order valence-electron chi connectivity index (χ2n) is 9.33. The largest absolute Gasteiger partial charge is 0.352 e. The Morgan fingerprint density at radius 1 is 0.947 bits per heavy atom. The standard InChI is InChI=1S/C28H28ClN3O5S/c1-19(2)30-27(34)24(16-20-9-4-3-5-10-20)31(17-21-11-8-12-22(29)15-21)26(33)18-32-28(35)23-13-6-7-14-25(23)38(32,36)37/h3-15,19,24H,16-18H2,1-2H3,(H,30,34)/t24-/m1/s1. The lowest BCUT2D eigenvalue weighted by molar-refractivity contribution is -0.141. The van der Waals surface area contributed by atoms with Crippen LogP contribution in [0.1, 0.15) is 35.3 Å². The van der Waals surface area contributed by atoms with Crippen molar-refractivity contribution in [3.63, 3.8) is 0 Å². The van der Waals surface area contributed by atoms with Gasteiger partial charge in [-0.05, 0) is 49.2 Å². The predicted octanol–water partition coefficient (Wildman–Crippen LogP) is 3.65. The maximum absolute atomic E-state index is 13.8. The number of sulfonamides is 1. The number of hydrogen-bond donors (Lipinski definition) is 1. The van der Waals surface area contributed by atoms with Crippen LogP contribution in [0.25, 0.3) is 0 Å². The van der Waals surface area contributed by atoms with Gasteiger partial charge in [-0.2, -0.15) is 0 Å². The van der Waals surface area contributed by atoms with E-state index in [4.69, 9.17) is 11.6 Å². The zero-order valence-corrected chi connectivity index (χ0v) is 22.6. The van der Waals surface area contributed by atoms with Crippen molar-refractivity contribution in [1.82, 2.24) is 14.5 Å². The summed E-state index contributed by atoms with van der Waals surface area (Å²) in [7, 11) is -4.21. The predicted molar refractivity (Wildman–Crippen MR) is 144 cm³/mol. The molecule has 0 spiro atoms. The maximum Gasteiger partial charge on any atom is 0.269 e. The van der Waals surface area contributed by atoms with Crippen LogP contribution in [0, 0.1) is 0 Å². The Morgan fingerprint density at radius 3 is 2.26 bits per heavy atom. The minimum atomic E-state index is -4.21. The highest BCUT2D eigenvalue weighted by atomic mass is 35.5. The van der Waals surface area contributed by atoms with E-state index in [-0.39, 0.29) is 29.5 Å². The lowest BCUT2D eigenvalue weighted by Gasteiger charge is -2.33. The number of hydrogen-bond acceptors (Lipinski definition) is 5. The molecule has 0 aromatic heterocycles. The molecule has 0 saturated heterocycles. The van der Waals surface area contributed by atoms with Crippen LogP contribution in [0.15, 0.2) is 83.8 Å². The molecule has 10 heteroatoms. The van der Waals surface area contributed by atoms with E-state index in [0.717, 1.165) is 5.56 Å². The molecule has 0 bridgehead atoms. The topological polar surface area (TPSA) is 104 Å². The van der Waals surface area contributed by atoms with Crippen molar-refractivity contribution in [2.24, 2.45) is 0 Å². The molecule has 1 heterocycles. The molecule has 1 aliphatic rings. The highest BCUT2D eigenvalue weighted by Gasteiger charge is 2.43. The molecule has 0 aliphatic carbocycles. The Bertz CT molecular complexity index is 1460. The van der Waals surface area contributed by atoms with Gasteiger partial charge in [0.05, 0.1) is 5.56 Å². The average molecular weight is 554 g/mol. The first-order valence-electron chi connectivity index (χ1n) is 12.1. The molecule has 1 aliphatic heterocycles. The monoisotopic (exact) mass is 553 g/mol. The average Bonchev–Trinajstić information content (AvgIpc) is 3.07. The third kappa shape index (κ3) is 5.89. The molecule has 3 aromatic rings. The first-order chi connectivity index (χ1) is 18.1. The number of carbonyl (C=O) groups is 3. The molecule has 3 amide bonds. The first-order valence-corrected chi connectivity index (χ1v) is 13.9. The van der Waals surface area contributed by atoms with E-state index in [1.54, 1.807) is 30.3 Å². The summed E-state index contributed by atoms with van der Waals surface area (Å²) in [5.41, 5.74) is 1.48. The van der Waals surface area contributed by atoms with Crippen LogP contribution >= 0.6 is 11.6 Å². The molecule has 4 rings (SSSR count). The number of benzene rings is 3.